The van der Waals surface area contributed by atoms with E-state index in [1.165, 1.54) is 81.6 Å². The molecule has 2 saturated carbocycles. The predicted octanol–water partition coefficient (Wildman–Crippen LogP) is 13.8. The van der Waals surface area contributed by atoms with Crippen molar-refractivity contribution in [3.8, 4) is 11.5 Å². The van der Waals surface area contributed by atoms with Crippen molar-refractivity contribution < 1.29 is 28.4 Å². The number of hydrogen-bond acceptors (Lipinski definition) is 6. The average molecular weight is 767 g/mol. The normalized spacial score (nSPS) is 15.9. The van der Waals surface area contributed by atoms with E-state index in [0.717, 1.165) is 24.3 Å². The highest BCUT2D eigenvalue weighted by molar-refractivity contribution is 5.29. The summed E-state index contributed by atoms with van der Waals surface area (Å²) < 4.78 is 34.4. The number of benzene rings is 2. The van der Waals surface area contributed by atoms with Crippen LogP contribution in [0, 0.1) is 11.8 Å². The van der Waals surface area contributed by atoms with Crippen molar-refractivity contribution in [1.29, 1.82) is 0 Å². The monoisotopic (exact) mass is 767 g/mol. The molecule has 2 aliphatic rings. The van der Waals surface area contributed by atoms with Gasteiger partial charge < -0.3 is 28.4 Å². The molecule has 0 radical (unpaired) electrons. The molecule has 6 nitrogen and oxygen atoms in total. The van der Waals surface area contributed by atoms with E-state index in [4.69, 9.17) is 28.4 Å². The highest BCUT2D eigenvalue weighted by atomic mass is 16.5. The second-order valence-corrected chi connectivity index (χ2v) is 16.3. The minimum absolute atomic E-state index is 0. The Kier molecular flexibility index (Phi) is 27.5. The molecule has 0 saturated heterocycles. The van der Waals surface area contributed by atoms with Crippen molar-refractivity contribution in [2.24, 2.45) is 11.8 Å². The SMILES string of the molecule is C.C=COC1CCCCC1.C=COCCOc1ccc(C(C)C)cc1.CC(C)CC(CC(OCCOc1ccc(C(C)C)cc1)C(C)C)OC1CCCCC1. The molecular formula is C49H82O6. The fourth-order valence-corrected chi connectivity index (χ4v) is 6.88. The van der Waals surface area contributed by atoms with Gasteiger partial charge in [0.15, 0.2) is 0 Å². The van der Waals surface area contributed by atoms with Gasteiger partial charge in [0.1, 0.15) is 31.3 Å². The van der Waals surface area contributed by atoms with Crippen molar-refractivity contribution in [2.75, 3.05) is 26.4 Å². The van der Waals surface area contributed by atoms with Crippen molar-refractivity contribution in [2.45, 2.75) is 176 Å². The van der Waals surface area contributed by atoms with Gasteiger partial charge in [0.25, 0.3) is 0 Å². The van der Waals surface area contributed by atoms with E-state index in [9.17, 15) is 0 Å². The van der Waals surface area contributed by atoms with Crippen LogP contribution in [0.25, 0.3) is 0 Å². The Hall–Kier alpha value is -2.96. The Morgan fingerprint density at radius 3 is 1.47 bits per heavy atom. The van der Waals surface area contributed by atoms with Crippen LogP contribution in [0.5, 0.6) is 11.5 Å². The third kappa shape index (κ3) is 23.0. The van der Waals surface area contributed by atoms with Crippen LogP contribution >= 0.6 is 0 Å². The summed E-state index contributed by atoms with van der Waals surface area (Å²) in [6.07, 6.45) is 19.5. The zero-order valence-corrected chi connectivity index (χ0v) is 35.6. The molecule has 2 unspecified atom stereocenters. The Labute approximate surface area is 338 Å². The number of rotatable bonds is 21. The van der Waals surface area contributed by atoms with Crippen molar-refractivity contribution >= 4 is 0 Å². The molecule has 0 heterocycles. The van der Waals surface area contributed by atoms with Crippen LogP contribution in [0.3, 0.4) is 0 Å². The highest BCUT2D eigenvalue weighted by Gasteiger charge is 2.25. The summed E-state index contributed by atoms with van der Waals surface area (Å²) in [4.78, 5) is 0. The van der Waals surface area contributed by atoms with E-state index in [2.05, 4.69) is 105 Å². The van der Waals surface area contributed by atoms with E-state index < -0.39 is 0 Å². The molecule has 2 fully saturated rings. The zero-order chi connectivity index (χ0) is 39.6. The van der Waals surface area contributed by atoms with Crippen LogP contribution in [-0.4, -0.2) is 50.8 Å². The van der Waals surface area contributed by atoms with Gasteiger partial charge in [0, 0.05) is 6.42 Å². The van der Waals surface area contributed by atoms with Crippen LogP contribution in [-0.2, 0) is 18.9 Å². The molecule has 55 heavy (non-hydrogen) atoms. The van der Waals surface area contributed by atoms with E-state index in [1.54, 1.807) is 6.26 Å². The lowest BCUT2D eigenvalue weighted by molar-refractivity contribution is -0.0801. The molecule has 6 heteroatoms. The molecule has 2 atom stereocenters. The summed E-state index contributed by atoms with van der Waals surface area (Å²) in [6, 6.07) is 16.6. The number of hydrogen-bond donors (Lipinski definition) is 0. The molecule has 314 valence electrons. The van der Waals surface area contributed by atoms with Crippen LogP contribution in [0.4, 0.5) is 0 Å². The van der Waals surface area contributed by atoms with Gasteiger partial charge in [-0.3, -0.25) is 0 Å². The fraction of sp³-hybridized carbons (Fsp3) is 0.673. The van der Waals surface area contributed by atoms with Crippen molar-refractivity contribution in [3.05, 3.63) is 85.3 Å². The minimum atomic E-state index is 0. The van der Waals surface area contributed by atoms with Gasteiger partial charge in [0.05, 0.1) is 43.5 Å². The standard InChI is InChI=1S/C27H46O3.C13H18O2.C8H14O.CH4/c1-20(2)18-26(30-25-10-8-7-9-11-25)19-27(22(5)6)29-17-16-28-24-14-12-23(13-15-24)21(3)4;1-4-14-9-10-15-13-7-5-12(6-8-13)11(2)3;1-2-9-8-6-4-3-5-7-8;/h12-15,20-22,25-27H,7-11,16-19H2,1-6H3;4-8,11H,1,9-10H2,2-3H3;2,8H,1,3-7H2;1H4. The second-order valence-electron chi connectivity index (χ2n) is 16.3. The van der Waals surface area contributed by atoms with Crippen molar-refractivity contribution in [1.82, 2.24) is 0 Å². The minimum Gasteiger partial charge on any atom is -0.499 e. The Balaban J connectivity index is 0.000000498. The molecule has 0 aromatic heterocycles. The summed E-state index contributed by atoms with van der Waals surface area (Å²) in [5.41, 5.74) is 2.66. The average Bonchev–Trinajstić information content (AvgIpc) is 3.16. The molecule has 0 amide bonds. The molecule has 0 bridgehead atoms. The van der Waals surface area contributed by atoms with Gasteiger partial charge in [-0.25, -0.2) is 0 Å². The fourth-order valence-electron chi connectivity index (χ4n) is 6.88. The zero-order valence-electron chi connectivity index (χ0n) is 35.6. The van der Waals surface area contributed by atoms with Gasteiger partial charge in [0.2, 0.25) is 0 Å². The quantitative estimate of drug-likeness (QED) is 0.0931. The Bertz CT molecular complexity index is 1190. The van der Waals surface area contributed by atoms with E-state index in [0.29, 0.717) is 68.4 Å². The van der Waals surface area contributed by atoms with Crippen molar-refractivity contribution in [3.63, 3.8) is 0 Å². The summed E-state index contributed by atoms with van der Waals surface area (Å²) >= 11 is 0. The summed E-state index contributed by atoms with van der Waals surface area (Å²) in [6.45, 7) is 27.1. The van der Waals surface area contributed by atoms with Crippen LogP contribution < -0.4 is 9.47 Å². The molecule has 4 rings (SSSR count). The lowest BCUT2D eigenvalue weighted by Gasteiger charge is -2.32. The largest absolute Gasteiger partial charge is 0.499 e. The van der Waals surface area contributed by atoms with E-state index in [-0.39, 0.29) is 13.5 Å². The summed E-state index contributed by atoms with van der Waals surface area (Å²) in [7, 11) is 0. The molecule has 2 aromatic rings. The lowest BCUT2D eigenvalue weighted by Crippen LogP contribution is -2.32. The molecule has 2 aliphatic carbocycles. The lowest BCUT2D eigenvalue weighted by atomic mass is 9.94. The second kappa shape index (κ2) is 30.2. The smallest absolute Gasteiger partial charge is 0.122 e. The van der Waals surface area contributed by atoms with Gasteiger partial charge in [-0.1, -0.05) is 126 Å². The first-order valence-electron chi connectivity index (χ1n) is 21.2. The van der Waals surface area contributed by atoms with Crippen LogP contribution in [0.1, 0.15) is 163 Å². The third-order valence-corrected chi connectivity index (χ3v) is 10.1. The Morgan fingerprint density at radius 1 is 0.582 bits per heavy atom. The Morgan fingerprint density at radius 2 is 1.05 bits per heavy atom. The van der Waals surface area contributed by atoms with Gasteiger partial charge in [-0.2, -0.15) is 0 Å². The number of ether oxygens (including phenoxy) is 6. The summed E-state index contributed by atoms with van der Waals surface area (Å²) in [5.74, 6) is 4.02. The maximum Gasteiger partial charge on any atom is 0.122 e. The summed E-state index contributed by atoms with van der Waals surface area (Å²) in [5, 5.41) is 0. The van der Waals surface area contributed by atoms with E-state index >= 15 is 0 Å². The first kappa shape index (κ1) is 50.1. The molecule has 0 aliphatic heterocycles. The van der Waals surface area contributed by atoms with Gasteiger partial charge in [-0.15, -0.1) is 0 Å². The molecule has 0 N–H and O–H groups in total. The van der Waals surface area contributed by atoms with Gasteiger partial charge >= 0.3 is 0 Å². The first-order valence-corrected chi connectivity index (χ1v) is 21.2. The topological polar surface area (TPSA) is 55.4 Å². The van der Waals surface area contributed by atoms with Crippen LogP contribution in [0.15, 0.2) is 74.2 Å². The molecular weight excluding hydrogens is 685 g/mol. The van der Waals surface area contributed by atoms with Crippen LogP contribution in [0.2, 0.25) is 0 Å². The maximum atomic E-state index is 6.58. The molecule has 2 aromatic carbocycles. The first-order chi connectivity index (χ1) is 26.0. The van der Waals surface area contributed by atoms with E-state index in [1.807, 2.05) is 12.1 Å². The highest BCUT2D eigenvalue weighted by Crippen LogP contribution is 2.27. The molecule has 0 spiro atoms. The maximum absolute atomic E-state index is 6.58. The third-order valence-electron chi connectivity index (χ3n) is 10.1. The predicted molar refractivity (Wildman–Crippen MR) is 233 cm³/mol. The van der Waals surface area contributed by atoms with Gasteiger partial charge in [-0.05, 0) is 104 Å².